The summed E-state index contributed by atoms with van der Waals surface area (Å²) in [4.78, 5) is 44.0. The number of hydrogen-bond acceptors (Lipinski definition) is 6. The van der Waals surface area contributed by atoms with Crippen molar-refractivity contribution in [2.75, 3.05) is 24.4 Å². The number of aryl methyl sites for hydroxylation is 1. The van der Waals surface area contributed by atoms with Gasteiger partial charge in [0.1, 0.15) is 17.3 Å². The molecule has 0 saturated carbocycles. The highest BCUT2D eigenvalue weighted by atomic mass is 16.5. The molecule has 37 heavy (non-hydrogen) atoms. The highest BCUT2D eigenvalue weighted by Crippen LogP contribution is 2.21. The van der Waals surface area contributed by atoms with E-state index in [4.69, 9.17) is 9.47 Å². The number of H-pyrrole nitrogens is 1. The Labute approximate surface area is 213 Å². The molecule has 1 heterocycles. The molecule has 9 nitrogen and oxygen atoms in total. The lowest BCUT2D eigenvalue weighted by Crippen LogP contribution is -2.20. The van der Waals surface area contributed by atoms with Gasteiger partial charge in [-0.1, -0.05) is 25.1 Å². The van der Waals surface area contributed by atoms with Crippen LogP contribution in [0.15, 0.2) is 83.7 Å². The third-order valence-electron chi connectivity index (χ3n) is 5.39. The zero-order valence-electron chi connectivity index (χ0n) is 20.4. The van der Waals surface area contributed by atoms with E-state index in [1.165, 1.54) is 6.07 Å². The summed E-state index contributed by atoms with van der Waals surface area (Å²) in [6.07, 6.45) is 0.639. The lowest BCUT2D eigenvalue weighted by atomic mass is 10.1. The smallest absolute Gasteiger partial charge is 0.262 e. The van der Waals surface area contributed by atoms with E-state index in [1.807, 2.05) is 13.0 Å². The second-order valence-electron chi connectivity index (χ2n) is 8.07. The number of carbonyl (C=O) groups excluding carboxylic acids is 2. The predicted octanol–water partition coefficient (Wildman–Crippen LogP) is 4.28. The molecule has 4 rings (SSSR count). The summed E-state index contributed by atoms with van der Waals surface area (Å²) in [5.41, 5.74) is 2.72. The molecule has 0 aliphatic heterocycles. The van der Waals surface area contributed by atoms with Crippen molar-refractivity contribution in [1.29, 1.82) is 0 Å². The van der Waals surface area contributed by atoms with Gasteiger partial charge >= 0.3 is 0 Å². The average molecular weight is 499 g/mol. The first kappa shape index (κ1) is 25.2. The van der Waals surface area contributed by atoms with Crippen molar-refractivity contribution in [3.8, 4) is 22.9 Å². The van der Waals surface area contributed by atoms with E-state index in [-0.39, 0.29) is 24.0 Å². The third kappa shape index (κ3) is 6.82. The van der Waals surface area contributed by atoms with Gasteiger partial charge in [0.15, 0.2) is 6.61 Å². The van der Waals surface area contributed by atoms with Crippen molar-refractivity contribution in [1.82, 2.24) is 9.97 Å². The summed E-state index contributed by atoms with van der Waals surface area (Å²) >= 11 is 0. The van der Waals surface area contributed by atoms with E-state index in [0.29, 0.717) is 51.9 Å². The molecule has 0 aliphatic carbocycles. The zero-order valence-corrected chi connectivity index (χ0v) is 20.4. The molecule has 0 atom stereocenters. The first-order chi connectivity index (χ1) is 17.9. The maximum Gasteiger partial charge on any atom is 0.262 e. The van der Waals surface area contributed by atoms with E-state index >= 15 is 0 Å². The number of amides is 2. The molecule has 4 aromatic rings. The number of aromatic amines is 1. The Kier molecular flexibility index (Phi) is 7.95. The van der Waals surface area contributed by atoms with Gasteiger partial charge in [-0.25, -0.2) is 4.98 Å². The van der Waals surface area contributed by atoms with E-state index in [1.54, 1.807) is 73.8 Å². The van der Waals surface area contributed by atoms with Crippen molar-refractivity contribution in [3.63, 3.8) is 0 Å². The van der Waals surface area contributed by atoms with Gasteiger partial charge in [-0.2, -0.15) is 0 Å². The van der Waals surface area contributed by atoms with E-state index < -0.39 is 0 Å². The fourth-order valence-corrected chi connectivity index (χ4v) is 3.52. The van der Waals surface area contributed by atoms with E-state index in [9.17, 15) is 14.4 Å². The molecule has 2 amide bonds. The summed E-state index contributed by atoms with van der Waals surface area (Å²) in [5, 5.41) is 5.58. The SMILES string of the molecule is CCc1cc(=O)[nH]c(-c2cccc(NC(=O)c3ccc(OCC(=O)Nc4cccc(OC)c4)cc3)c2)n1. The first-order valence-electron chi connectivity index (χ1n) is 11.6. The third-order valence-corrected chi connectivity index (χ3v) is 5.39. The highest BCUT2D eigenvalue weighted by Gasteiger charge is 2.10. The molecule has 0 unspecified atom stereocenters. The van der Waals surface area contributed by atoms with Crippen molar-refractivity contribution >= 4 is 23.2 Å². The minimum absolute atomic E-state index is 0.190. The van der Waals surface area contributed by atoms with Crippen molar-refractivity contribution in [3.05, 3.63) is 100 Å². The molecule has 1 aromatic heterocycles. The molecule has 0 fully saturated rings. The predicted molar refractivity (Wildman–Crippen MR) is 141 cm³/mol. The first-order valence-corrected chi connectivity index (χ1v) is 11.6. The zero-order chi connectivity index (χ0) is 26.2. The van der Waals surface area contributed by atoms with Crippen LogP contribution in [0.2, 0.25) is 0 Å². The van der Waals surface area contributed by atoms with Crippen LogP contribution < -0.4 is 25.7 Å². The normalized spacial score (nSPS) is 10.4. The quantitative estimate of drug-likeness (QED) is 0.317. The van der Waals surface area contributed by atoms with Crippen LogP contribution in [-0.4, -0.2) is 35.5 Å². The molecule has 3 aromatic carbocycles. The number of rotatable bonds is 9. The molecule has 0 radical (unpaired) electrons. The molecule has 0 saturated heterocycles. The van der Waals surface area contributed by atoms with Gasteiger partial charge in [0.25, 0.3) is 17.4 Å². The average Bonchev–Trinajstić information content (AvgIpc) is 2.92. The number of nitrogens with one attached hydrogen (secondary N) is 3. The number of benzene rings is 3. The lowest BCUT2D eigenvalue weighted by Gasteiger charge is -2.10. The van der Waals surface area contributed by atoms with Gasteiger partial charge in [0.05, 0.1) is 7.11 Å². The Morgan fingerprint density at radius 3 is 2.35 bits per heavy atom. The molecule has 9 heteroatoms. The number of ether oxygens (including phenoxy) is 2. The van der Waals surface area contributed by atoms with Gasteiger partial charge in [-0.05, 0) is 55.0 Å². The number of aromatic nitrogens is 2. The largest absolute Gasteiger partial charge is 0.497 e. The minimum Gasteiger partial charge on any atom is -0.497 e. The van der Waals surface area contributed by atoms with Crippen LogP contribution in [0.5, 0.6) is 11.5 Å². The maximum atomic E-state index is 12.7. The van der Waals surface area contributed by atoms with Crippen LogP contribution in [0.3, 0.4) is 0 Å². The number of carbonyl (C=O) groups is 2. The fourth-order valence-electron chi connectivity index (χ4n) is 3.52. The maximum absolute atomic E-state index is 12.7. The summed E-state index contributed by atoms with van der Waals surface area (Å²) in [7, 11) is 1.55. The van der Waals surface area contributed by atoms with Gasteiger partial charge < -0.3 is 25.1 Å². The molecule has 3 N–H and O–H groups in total. The van der Waals surface area contributed by atoms with Crippen molar-refractivity contribution in [2.45, 2.75) is 13.3 Å². The number of anilines is 2. The number of methoxy groups -OCH3 is 1. The molecule has 188 valence electrons. The van der Waals surface area contributed by atoms with Crippen LogP contribution in [0, 0.1) is 0 Å². The van der Waals surface area contributed by atoms with Crippen molar-refractivity contribution < 1.29 is 19.1 Å². The van der Waals surface area contributed by atoms with Crippen LogP contribution in [0.1, 0.15) is 23.0 Å². The Balaban J connectivity index is 1.35. The van der Waals surface area contributed by atoms with Gasteiger partial charge in [0, 0.05) is 40.3 Å². The Bertz CT molecular complexity index is 1460. The van der Waals surface area contributed by atoms with Gasteiger partial charge in [-0.3, -0.25) is 14.4 Å². The standard InChI is InChI=1S/C28H26N4O5/c1-3-20-16-25(33)32-27(30-20)19-6-4-7-21(14-19)31-28(35)18-10-12-23(13-11-18)37-17-26(34)29-22-8-5-9-24(15-22)36-2/h4-16H,3,17H2,1-2H3,(H,29,34)(H,31,35)(H,30,32,33). The summed E-state index contributed by atoms with van der Waals surface area (Å²) in [5.74, 6) is 0.887. The second-order valence-corrected chi connectivity index (χ2v) is 8.07. The van der Waals surface area contributed by atoms with Gasteiger partial charge in [-0.15, -0.1) is 0 Å². The van der Waals surface area contributed by atoms with Crippen LogP contribution in [-0.2, 0) is 11.2 Å². The van der Waals surface area contributed by atoms with Crippen LogP contribution in [0.4, 0.5) is 11.4 Å². The van der Waals surface area contributed by atoms with E-state index in [2.05, 4.69) is 20.6 Å². The summed E-state index contributed by atoms with van der Waals surface area (Å²) in [6, 6.07) is 22.0. The molecular formula is C28H26N4O5. The highest BCUT2D eigenvalue weighted by molar-refractivity contribution is 6.04. The van der Waals surface area contributed by atoms with Crippen LogP contribution in [0.25, 0.3) is 11.4 Å². The Morgan fingerprint density at radius 2 is 1.62 bits per heavy atom. The second kappa shape index (κ2) is 11.7. The summed E-state index contributed by atoms with van der Waals surface area (Å²) < 4.78 is 10.7. The monoisotopic (exact) mass is 498 g/mol. The molecule has 0 aliphatic rings. The minimum atomic E-state index is -0.324. The lowest BCUT2D eigenvalue weighted by molar-refractivity contribution is -0.118. The van der Waals surface area contributed by atoms with E-state index in [0.717, 1.165) is 0 Å². The Hall–Kier alpha value is -4.92. The summed E-state index contributed by atoms with van der Waals surface area (Å²) in [6.45, 7) is 1.74. The fraction of sp³-hybridized carbons (Fsp3) is 0.143. The van der Waals surface area contributed by atoms with Crippen LogP contribution >= 0.6 is 0 Å². The van der Waals surface area contributed by atoms with Crippen molar-refractivity contribution in [2.24, 2.45) is 0 Å². The molecular weight excluding hydrogens is 472 g/mol. The van der Waals surface area contributed by atoms with Gasteiger partial charge in [0.2, 0.25) is 0 Å². The topological polar surface area (TPSA) is 122 Å². The number of nitrogens with zero attached hydrogens (tertiary/aromatic N) is 1. The number of hydrogen-bond donors (Lipinski definition) is 3. The molecule has 0 bridgehead atoms. The molecule has 0 spiro atoms. The Morgan fingerprint density at radius 1 is 0.892 bits per heavy atom.